The van der Waals surface area contributed by atoms with E-state index in [0.29, 0.717) is 12.6 Å². The predicted octanol–water partition coefficient (Wildman–Crippen LogP) is 2.76. The third-order valence-corrected chi connectivity index (χ3v) is 3.75. The summed E-state index contributed by atoms with van der Waals surface area (Å²) in [6.45, 7) is 2.31. The van der Waals surface area contributed by atoms with E-state index in [-0.39, 0.29) is 6.03 Å². The van der Waals surface area contributed by atoms with Gasteiger partial charge in [-0.3, -0.25) is 0 Å². The number of anilines is 1. The first-order valence-corrected chi connectivity index (χ1v) is 7.56. The third kappa shape index (κ3) is 4.80. The smallest absolute Gasteiger partial charge is 0.319 e. The van der Waals surface area contributed by atoms with Gasteiger partial charge in [0.15, 0.2) is 0 Å². The molecule has 4 nitrogen and oxygen atoms in total. The normalized spacial score (nSPS) is 15.0. The average molecular weight is 285 g/mol. The van der Waals surface area contributed by atoms with E-state index >= 15 is 0 Å². The fourth-order valence-corrected chi connectivity index (χ4v) is 2.63. The Hall–Kier alpha value is -1.99. The molecule has 0 aromatic heterocycles. The van der Waals surface area contributed by atoms with Gasteiger partial charge in [0.25, 0.3) is 0 Å². The molecule has 2 amide bonds. The van der Waals surface area contributed by atoms with E-state index in [1.165, 1.54) is 19.3 Å². The standard InChI is InChI=1S/C17H23N3O/c1-13-12-14(6-5-11-18)9-10-16(13)20-17(21)19-15-7-3-2-4-8-15/h9-10,12,15H,2-4,7-8,11,18H2,1H3,(H2,19,20,21). The summed E-state index contributed by atoms with van der Waals surface area (Å²) in [5.41, 5.74) is 8.09. The van der Waals surface area contributed by atoms with Gasteiger partial charge in [0.1, 0.15) is 0 Å². The van der Waals surface area contributed by atoms with E-state index < -0.39 is 0 Å². The Morgan fingerprint density at radius 1 is 1.33 bits per heavy atom. The van der Waals surface area contributed by atoms with Crippen LogP contribution in [0, 0.1) is 18.8 Å². The van der Waals surface area contributed by atoms with E-state index in [1.807, 2.05) is 25.1 Å². The van der Waals surface area contributed by atoms with Crippen LogP contribution in [0.3, 0.4) is 0 Å². The van der Waals surface area contributed by atoms with E-state index in [0.717, 1.165) is 29.7 Å². The summed E-state index contributed by atoms with van der Waals surface area (Å²) in [5, 5.41) is 5.97. The quantitative estimate of drug-likeness (QED) is 0.731. The number of urea groups is 1. The van der Waals surface area contributed by atoms with Gasteiger partial charge in [-0.25, -0.2) is 4.79 Å². The maximum atomic E-state index is 12.0. The first-order valence-electron chi connectivity index (χ1n) is 7.56. The van der Waals surface area contributed by atoms with Crippen LogP contribution in [0.1, 0.15) is 43.2 Å². The summed E-state index contributed by atoms with van der Waals surface area (Å²) < 4.78 is 0. The number of hydrogen-bond acceptors (Lipinski definition) is 2. The number of carbonyl (C=O) groups excluding carboxylic acids is 1. The highest BCUT2D eigenvalue weighted by Crippen LogP contribution is 2.19. The van der Waals surface area contributed by atoms with Gasteiger partial charge in [-0.15, -0.1) is 0 Å². The van der Waals surface area contributed by atoms with Crippen molar-refractivity contribution in [1.82, 2.24) is 5.32 Å². The topological polar surface area (TPSA) is 67.1 Å². The van der Waals surface area contributed by atoms with Crippen molar-refractivity contribution in [1.29, 1.82) is 0 Å². The van der Waals surface area contributed by atoms with Crippen molar-refractivity contribution >= 4 is 11.7 Å². The molecule has 0 spiro atoms. The lowest BCUT2D eigenvalue weighted by Gasteiger charge is -2.23. The summed E-state index contributed by atoms with van der Waals surface area (Å²) >= 11 is 0. The average Bonchev–Trinajstić information content (AvgIpc) is 2.48. The van der Waals surface area contributed by atoms with E-state index in [9.17, 15) is 4.79 Å². The number of nitrogens with one attached hydrogen (secondary N) is 2. The van der Waals surface area contributed by atoms with Crippen LogP contribution in [0.25, 0.3) is 0 Å². The molecule has 0 bridgehead atoms. The zero-order chi connectivity index (χ0) is 15.1. The number of aryl methyl sites for hydroxylation is 1. The van der Waals surface area contributed by atoms with Crippen LogP contribution in [-0.4, -0.2) is 18.6 Å². The van der Waals surface area contributed by atoms with Gasteiger partial charge in [0, 0.05) is 17.3 Å². The molecule has 1 aliphatic carbocycles. The zero-order valence-electron chi connectivity index (χ0n) is 12.5. The van der Waals surface area contributed by atoms with E-state index in [2.05, 4.69) is 22.5 Å². The third-order valence-electron chi connectivity index (χ3n) is 3.75. The lowest BCUT2D eigenvalue weighted by molar-refractivity contribution is 0.244. The second kappa shape index (κ2) is 7.70. The van der Waals surface area contributed by atoms with Crippen LogP contribution in [0.15, 0.2) is 18.2 Å². The number of nitrogens with two attached hydrogens (primary N) is 1. The molecular weight excluding hydrogens is 262 g/mol. The Bertz CT molecular complexity index is 551. The van der Waals surface area contributed by atoms with Crippen molar-refractivity contribution in [2.45, 2.75) is 45.1 Å². The SMILES string of the molecule is Cc1cc(C#CCN)ccc1NC(=O)NC1CCCCC1. The molecule has 0 aliphatic heterocycles. The van der Waals surface area contributed by atoms with Gasteiger partial charge >= 0.3 is 6.03 Å². The molecule has 1 aromatic rings. The molecule has 4 heteroatoms. The van der Waals surface area contributed by atoms with Gasteiger partial charge in [-0.1, -0.05) is 31.1 Å². The summed E-state index contributed by atoms with van der Waals surface area (Å²) in [4.78, 5) is 12.0. The lowest BCUT2D eigenvalue weighted by Crippen LogP contribution is -2.39. The molecule has 0 atom stereocenters. The van der Waals surface area contributed by atoms with Gasteiger partial charge in [0.2, 0.25) is 0 Å². The summed E-state index contributed by atoms with van der Waals surface area (Å²) in [5.74, 6) is 5.81. The Labute approximate surface area is 126 Å². The molecule has 0 heterocycles. The minimum absolute atomic E-state index is 0.120. The van der Waals surface area contributed by atoms with Crippen molar-refractivity contribution in [3.63, 3.8) is 0 Å². The highest BCUT2D eigenvalue weighted by Gasteiger charge is 2.15. The van der Waals surface area contributed by atoms with Gasteiger partial charge < -0.3 is 16.4 Å². The number of hydrogen-bond donors (Lipinski definition) is 3. The minimum atomic E-state index is -0.120. The maximum Gasteiger partial charge on any atom is 0.319 e. The van der Waals surface area contributed by atoms with Crippen LogP contribution in [0.5, 0.6) is 0 Å². The molecule has 0 saturated heterocycles. The molecule has 112 valence electrons. The Balaban J connectivity index is 1.94. The molecule has 4 N–H and O–H groups in total. The first kappa shape index (κ1) is 15.4. The molecule has 21 heavy (non-hydrogen) atoms. The van der Waals surface area contributed by atoms with Crippen molar-refractivity contribution in [3.8, 4) is 11.8 Å². The number of carbonyl (C=O) groups is 1. The molecule has 1 aliphatic rings. The summed E-state index contributed by atoms with van der Waals surface area (Å²) in [6, 6.07) is 5.93. The monoisotopic (exact) mass is 285 g/mol. The molecule has 2 rings (SSSR count). The highest BCUT2D eigenvalue weighted by atomic mass is 16.2. The van der Waals surface area contributed by atoms with Crippen LogP contribution >= 0.6 is 0 Å². The molecular formula is C17H23N3O. The first-order chi connectivity index (χ1) is 10.2. The number of benzene rings is 1. The Morgan fingerprint density at radius 2 is 2.10 bits per heavy atom. The predicted molar refractivity (Wildman–Crippen MR) is 86.1 cm³/mol. The fraction of sp³-hybridized carbons (Fsp3) is 0.471. The van der Waals surface area contributed by atoms with Crippen molar-refractivity contribution in [2.24, 2.45) is 5.73 Å². The number of amides is 2. The lowest BCUT2D eigenvalue weighted by atomic mass is 9.96. The maximum absolute atomic E-state index is 12.0. The Morgan fingerprint density at radius 3 is 2.76 bits per heavy atom. The van der Waals surface area contributed by atoms with Gasteiger partial charge in [-0.2, -0.15) is 0 Å². The molecule has 1 saturated carbocycles. The van der Waals surface area contributed by atoms with Crippen molar-refractivity contribution < 1.29 is 4.79 Å². The molecule has 0 radical (unpaired) electrons. The van der Waals surface area contributed by atoms with Crippen LogP contribution in [-0.2, 0) is 0 Å². The largest absolute Gasteiger partial charge is 0.335 e. The fourth-order valence-electron chi connectivity index (χ4n) is 2.63. The zero-order valence-corrected chi connectivity index (χ0v) is 12.5. The van der Waals surface area contributed by atoms with Crippen LogP contribution in [0.2, 0.25) is 0 Å². The van der Waals surface area contributed by atoms with Crippen LogP contribution in [0.4, 0.5) is 10.5 Å². The molecule has 1 fully saturated rings. The van der Waals surface area contributed by atoms with E-state index in [4.69, 9.17) is 5.73 Å². The molecule has 1 aromatic carbocycles. The highest BCUT2D eigenvalue weighted by molar-refractivity contribution is 5.90. The van der Waals surface area contributed by atoms with Gasteiger partial charge in [-0.05, 0) is 43.5 Å². The van der Waals surface area contributed by atoms with Crippen molar-refractivity contribution in [3.05, 3.63) is 29.3 Å². The number of rotatable bonds is 2. The molecule has 0 unspecified atom stereocenters. The van der Waals surface area contributed by atoms with Crippen molar-refractivity contribution in [2.75, 3.05) is 11.9 Å². The van der Waals surface area contributed by atoms with E-state index in [1.54, 1.807) is 0 Å². The second-order valence-corrected chi connectivity index (χ2v) is 5.47. The van der Waals surface area contributed by atoms with Crippen LogP contribution < -0.4 is 16.4 Å². The van der Waals surface area contributed by atoms with Gasteiger partial charge in [0.05, 0.1) is 6.54 Å². The summed E-state index contributed by atoms with van der Waals surface area (Å²) in [6.07, 6.45) is 5.86. The summed E-state index contributed by atoms with van der Waals surface area (Å²) in [7, 11) is 0. The second-order valence-electron chi connectivity index (χ2n) is 5.47. The minimum Gasteiger partial charge on any atom is -0.335 e. The Kier molecular flexibility index (Phi) is 5.65.